The van der Waals surface area contributed by atoms with Crippen molar-refractivity contribution in [1.29, 1.82) is 0 Å². The van der Waals surface area contributed by atoms with E-state index >= 15 is 0 Å². The largest absolute Gasteiger partial charge is 0.368 e. The molecule has 1 N–H and O–H groups in total. The second-order valence-electron chi connectivity index (χ2n) is 6.01. The predicted octanol–water partition coefficient (Wildman–Crippen LogP) is 3.83. The lowest BCUT2D eigenvalue weighted by atomic mass is 10.1. The van der Waals surface area contributed by atoms with E-state index in [0.717, 1.165) is 29.7 Å². The van der Waals surface area contributed by atoms with E-state index in [4.69, 9.17) is 23.2 Å². The third-order valence-corrected chi connectivity index (χ3v) is 5.29. The summed E-state index contributed by atoms with van der Waals surface area (Å²) >= 11 is 12.1. The topological polar surface area (TPSA) is 52.2 Å². The minimum absolute atomic E-state index is 0.0424. The molecule has 0 atom stereocenters. The van der Waals surface area contributed by atoms with Crippen LogP contribution in [0.2, 0.25) is 10.0 Å². The summed E-state index contributed by atoms with van der Waals surface area (Å²) in [6.07, 6.45) is 1.70. The number of amides is 1. The highest BCUT2D eigenvalue weighted by Crippen LogP contribution is 2.28. The molecule has 1 saturated heterocycles. The first-order valence-electron chi connectivity index (χ1n) is 8.05. The van der Waals surface area contributed by atoms with E-state index < -0.39 is 0 Å². The number of hydrogen-bond donors (Lipinski definition) is 1. The Labute approximate surface area is 155 Å². The van der Waals surface area contributed by atoms with Crippen LogP contribution in [0.5, 0.6) is 0 Å². The molecular formula is C18H16Cl2N4O. The fourth-order valence-corrected chi connectivity index (χ4v) is 3.47. The number of rotatable bonds is 2. The van der Waals surface area contributed by atoms with Crippen LogP contribution in [0.4, 0.5) is 5.69 Å². The van der Waals surface area contributed by atoms with E-state index in [9.17, 15) is 4.79 Å². The number of hydrogen-bond acceptors (Lipinski definition) is 3. The van der Waals surface area contributed by atoms with Crippen LogP contribution in [0, 0.1) is 0 Å². The highest BCUT2D eigenvalue weighted by molar-refractivity contribution is 6.42. The van der Waals surface area contributed by atoms with Crippen LogP contribution in [0.15, 0.2) is 42.6 Å². The van der Waals surface area contributed by atoms with Gasteiger partial charge in [-0.2, -0.15) is 5.10 Å². The van der Waals surface area contributed by atoms with Crippen LogP contribution in [0.25, 0.3) is 10.9 Å². The summed E-state index contributed by atoms with van der Waals surface area (Å²) in [7, 11) is 0. The minimum Gasteiger partial charge on any atom is -0.368 e. The molecule has 5 nitrogen and oxygen atoms in total. The number of halogens is 2. The van der Waals surface area contributed by atoms with Gasteiger partial charge in [-0.3, -0.25) is 9.89 Å². The van der Waals surface area contributed by atoms with Crippen molar-refractivity contribution in [3.8, 4) is 0 Å². The molecule has 0 saturated carbocycles. The molecular weight excluding hydrogens is 359 g/mol. The fraction of sp³-hybridized carbons (Fsp3) is 0.222. The maximum atomic E-state index is 12.9. The van der Waals surface area contributed by atoms with Crippen LogP contribution < -0.4 is 4.90 Å². The Morgan fingerprint density at radius 2 is 1.84 bits per heavy atom. The second kappa shape index (κ2) is 6.58. The Bertz CT molecular complexity index is 932. The molecule has 1 aliphatic rings. The van der Waals surface area contributed by atoms with Crippen molar-refractivity contribution >= 4 is 45.7 Å². The molecule has 1 aliphatic heterocycles. The van der Waals surface area contributed by atoms with Crippen LogP contribution in [0.1, 0.15) is 10.4 Å². The van der Waals surface area contributed by atoms with Gasteiger partial charge in [-0.25, -0.2) is 0 Å². The van der Waals surface area contributed by atoms with Crippen molar-refractivity contribution in [2.24, 2.45) is 0 Å². The molecule has 0 spiro atoms. The van der Waals surface area contributed by atoms with E-state index in [-0.39, 0.29) is 5.91 Å². The Morgan fingerprint density at radius 3 is 2.60 bits per heavy atom. The quantitative estimate of drug-likeness (QED) is 0.741. The number of nitrogens with one attached hydrogen (secondary N) is 1. The fourth-order valence-electron chi connectivity index (χ4n) is 3.17. The van der Waals surface area contributed by atoms with E-state index in [1.54, 1.807) is 12.3 Å². The number of aromatic amines is 1. The summed E-state index contributed by atoms with van der Waals surface area (Å²) < 4.78 is 0. The molecule has 1 aromatic heterocycles. The number of anilines is 1. The maximum absolute atomic E-state index is 12.9. The molecule has 3 aromatic rings. The first kappa shape index (κ1) is 16.2. The van der Waals surface area contributed by atoms with E-state index in [2.05, 4.69) is 15.1 Å². The lowest BCUT2D eigenvalue weighted by Gasteiger charge is -2.36. The summed E-state index contributed by atoms with van der Waals surface area (Å²) in [5, 5.41) is 8.89. The van der Waals surface area contributed by atoms with Gasteiger partial charge in [0.2, 0.25) is 0 Å². The summed E-state index contributed by atoms with van der Waals surface area (Å²) in [5.41, 5.74) is 2.59. The molecule has 1 amide bonds. The van der Waals surface area contributed by atoms with E-state index in [1.807, 2.05) is 35.2 Å². The van der Waals surface area contributed by atoms with Crippen LogP contribution in [-0.4, -0.2) is 47.2 Å². The summed E-state index contributed by atoms with van der Waals surface area (Å²) in [5.74, 6) is 0.0424. The number of piperazine rings is 1. The highest BCUT2D eigenvalue weighted by Gasteiger charge is 2.24. The zero-order valence-corrected chi connectivity index (χ0v) is 14.9. The number of nitrogens with zero attached hydrogens (tertiary/aromatic N) is 3. The smallest absolute Gasteiger partial charge is 0.254 e. The molecule has 4 rings (SSSR count). The number of aromatic nitrogens is 2. The number of benzene rings is 2. The van der Waals surface area contributed by atoms with Crippen molar-refractivity contribution in [2.45, 2.75) is 0 Å². The summed E-state index contributed by atoms with van der Waals surface area (Å²) in [6.45, 7) is 2.83. The zero-order valence-electron chi connectivity index (χ0n) is 13.4. The summed E-state index contributed by atoms with van der Waals surface area (Å²) in [4.78, 5) is 17.0. The molecule has 128 valence electrons. The van der Waals surface area contributed by atoms with Crippen molar-refractivity contribution in [3.63, 3.8) is 0 Å². The Kier molecular flexibility index (Phi) is 4.27. The average Bonchev–Trinajstić information content (AvgIpc) is 3.12. The molecule has 2 heterocycles. The van der Waals surface area contributed by atoms with Gasteiger partial charge in [0.05, 0.1) is 27.3 Å². The molecule has 1 fully saturated rings. The minimum atomic E-state index is 0.0424. The second-order valence-corrected chi connectivity index (χ2v) is 6.83. The lowest BCUT2D eigenvalue weighted by molar-refractivity contribution is 0.0749. The van der Waals surface area contributed by atoms with Gasteiger partial charge in [0.15, 0.2) is 0 Å². The number of H-pyrrole nitrogens is 1. The van der Waals surface area contributed by atoms with Gasteiger partial charge < -0.3 is 9.80 Å². The van der Waals surface area contributed by atoms with Gasteiger partial charge >= 0.3 is 0 Å². The van der Waals surface area contributed by atoms with Crippen molar-refractivity contribution in [1.82, 2.24) is 15.1 Å². The SMILES string of the molecule is O=C(c1cccc2[nH]ncc12)N1CCN(c2ccc(Cl)c(Cl)c2)CC1. The van der Waals surface area contributed by atoms with Gasteiger partial charge in [-0.05, 0) is 30.3 Å². The standard InChI is InChI=1S/C18H16Cl2N4O/c19-15-5-4-12(10-16(15)20)23-6-8-24(9-7-23)18(25)13-2-1-3-17-14(13)11-21-22-17/h1-5,10-11H,6-9H2,(H,21,22). The van der Waals surface area contributed by atoms with Crippen LogP contribution in [0.3, 0.4) is 0 Å². The van der Waals surface area contributed by atoms with Gasteiger partial charge in [-0.15, -0.1) is 0 Å². The van der Waals surface area contributed by atoms with E-state index in [1.165, 1.54) is 0 Å². The first-order valence-corrected chi connectivity index (χ1v) is 8.80. The van der Waals surface area contributed by atoms with Gasteiger partial charge in [-0.1, -0.05) is 29.3 Å². The number of carbonyl (C=O) groups is 1. The highest BCUT2D eigenvalue weighted by atomic mass is 35.5. The van der Waals surface area contributed by atoms with Crippen LogP contribution in [-0.2, 0) is 0 Å². The van der Waals surface area contributed by atoms with E-state index in [0.29, 0.717) is 28.7 Å². The molecule has 0 aliphatic carbocycles. The predicted molar refractivity (Wildman–Crippen MR) is 101 cm³/mol. The molecule has 25 heavy (non-hydrogen) atoms. The Hall–Kier alpha value is -2.24. The van der Waals surface area contributed by atoms with Crippen molar-refractivity contribution in [2.75, 3.05) is 31.1 Å². The first-order chi connectivity index (χ1) is 12.1. The molecule has 0 bridgehead atoms. The molecule has 0 radical (unpaired) electrons. The molecule has 2 aromatic carbocycles. The maximum Gasteiger partial charge on any atom is 0.254 e. The summed E-state index contributed by atoms with van der Waals surface area (Å²) in [6, 6.07) is 11.3. The van der Waals surface area contributed by atoms with Gasteiger partial charge in [0.25, 0.3) is 5.91 Å². The van der Waals surface area contributed by atoms with Crippen LogP contribution >= 0.6 is 23.2 Å². The zero-order chi connectivity index (χ0) is 17.4. The van der Waals surface area contributed by atoms with Gasteiger partial charge in [0, 0.05) is 37.3 Å². The normalized spacial score (nSPS) is 15.0. The van der Waals surface area contributed by atoms with Crippen molar-refractivity contribution < 1.29 is 4.79 Å². The van der Waals surface area contributed by atoms with Crippen molar-refractivity contribution in [3.05, 3.63) is 58.2 Å². The number of fused-ring (bicyclic) bond motifs is 1. The third-order valence-electron chi connectivity index (χ3n) is 4.55. The monoisotopic (exact) mass is 374 g/mol. The molecule has 0 unspecified atom stereocenters. The Morgan fingerprint density at radius 1 is 1.04 bits per heavy atom. The average molecular weight is 375 g/mol. The number of carbonyl (C=O) groups excluding carboxylic acids is 1. The Balaban J connectivity index is 1.49. The third kappa shape index (κ3) is 3.05. The lowest BCUT2D eigenvalue weighted by Crippen LogP contribution is -2.48. The van der Waals surface area contributed by atoms with Gasteiger partial charge in [0.1, 0.15) is 0 Å². The molecule has 7 heteroatoms.